The van der Waals surface area contributed by atoms with Gasteiger partial charge in [0.25, 0.3) is 0 Å². The Morgan fingerprint density at radius 2 is 1.87 bits per heavy atom. The third kappa shape index (κ3) is 1.74. The van der Waals surface area contributed by atoms with E-state index in [1.165, 1.54) is 0 Å². The van der Waals surface area contributed by atoms with Crippen LogP contribution in [0.15, 0.2) is 30.7 Å². The molecule has 4 heteroatoms. The normalized spacial score (nSPS) is 9.93. The molecule has 0 aliphatic heterocycles. The molecule has 0 aliphatic rings. The van der Waals surface area contributed by atoms with Crippen LogP contribution in [0, 0.1) is 6.92 Å². The summed E-state index contributed by atoms with van der Waals surface area (Å²) in [5.41, 5.74) is 2.02. The first-order chi connectivity index (χ1) is 7.33. The van der Waals surface area contributed by atoms with Crippen LogP contribution >= 0.6 is 0 Å². The van der Waals surface area contributed by atoms with Gasteiger partial charge < -0.3 is 0 Å². The summed E-state index contributed by atoms with van der Waals surface area (Å²) < 4.78 is 0. The number of nitrogens with zero attached hydrogens (tertiary/aromatic N) is 3. The summed E-state index contributed by atoms with van der Waals surface area (Å²) in [5, 5.41) is 0. The topological polar surface area (TPSA) is 55.7 Å². The highest BCUT2D eigenvalue weighted by Crippen LogP contribution is 2.20. The quantitative estimate of drug-likeness (QED) is 0.690. The number of hydrogen-bond acceptors (Lipinski definition) is 4. The van der Waals surface area contributed by atoms with E-state index in [-0.39, 0.29) is 0 Å². The predicted molar refractivity (Wildman–Crippen MR) is 55.4 cm³/mol. The van der Waals surface area contributed by atoms with E-state index in [1.807, 2.05) is 13.0 Å². The van der Waals surface area contributed by atoms with Gasteiger partial charge in [-0.05, 0) is 24.6 Å². The minimum atomic E-state index is 0.376. The molecule has 0 saturated heterocycles. The number of aldehydes is 1. The van der Waals surface area contributed by atoms with Crippen molar-refractivity contribution in [2.45, 2.75) is 6.92 Å². The highest BCUT2D eigenvalue weighted by molar-refractivity contribution is 5.84. The minimum Gasteiger partial charge on any atom is -0.296 e. The Bertz CT molecular complexity index is 482. The van der Waals surface area contributed by atoms with Crippen LogP contribution in [-0.2, 0) is 0 Å². The summed E-state index contributed by atoms with van der Waals surface area (Å²) in [4.78, 5) is 23.0. The Balaban J connectivity index is 2.66. The van der Waals surface area contributed by atoms with Crippen molar-refractivity contribution in [3.8, 4) is 11.4 Å². The molecular weight excluding hydrogens is 190 g/mol. The Morgan fingerprint density at radius 1 is 1.13 bits per heavy atom. The van der Waals surface area contributed by atoms with E-state index in [9.17, 15) is 4.79 Å². The molecule has 0 aromatic carbocycles. The number of rotatable bonds is 2. The van der Waals surface area contributed by atoms with Crippen molar-refractivity contribution in [3.05, 3.63) is 42.0 Å². The van der Waals surface area contributed by atoms with Gasteiger partial charge in [-0.1, -0.05) is 0 Å². The van der Waals surface area contributed by atoms with Gasteiger partial charge in [0.2, 0.25) is 0 Å². The average Bonchev–Trinajstić information content (AvgIpc) is 2.29. The summed E-state index contributed by atoms with van der Waals surface area (Å²) in [6, 6.07) is 3.56. The maximum Gasteiger partial charge on any atom is 0.169 e. The van der Waals surface area contributed by atoms with Gasteiger partial charge in [0, 0.05) is 18.6 Å². The van der Waals surface area contributed by atoms with Crippen LogP contribution in [0.4, 0.5) is 0 Å². The highest BCUT2D eigenvalue weighted by atomic mass is 16.1. The molecule has 2 aromatic rings. The molecule has 0 amide bonds. The number of carbonyl (C=O) groups is 1. The van der Waals surface area contributed by atoms with Crippen LogP contribution < -0.4 is 0 Å². The van der Waals surface area contributed by atoms with Gasteiger partial charge in [0.15, 0.2) is 12.1 Å². The van der Waals surface area contributed by atoms with Crippen LogP contribution in [0.2, 0.25) is 0 Å². The maximum atomic E-state index is 10.8. The molecule has 0 fully saturated rings. The van der Waals surface area contributed by atoms with E-state index in [4.69, 9.17) is 0 Å². The Hall–Kier alpha value is -2.10. The first-order valence-corrected chi connectivity index (χ1v) is 4.51. The fourth-order valence-corrected chi connectivity index (χ4v) is 1.39. The SMILES string of the molecule is Cc1ccnc(C=O)c1-c1ncccn1. The molecule has 0 radical (unpaired) electrons. The number of aryl methyl sites for hydroxylation is 1. The standard InChI is InChI=1S/C11H9N3O/c1-8-3-6-12-9(7-15)10(8)11-13-4-2-5-14-11/h2-7H,1H3. The smallest absolute Gasteiger partial charge is 0.169 e. The Labute approximate surface area is 87.0 Å². The van der Waals surface area contributed by atoms with Crippen molar-refractivity contribution in [3.63, 3.8) is 0 Å². The van der Waals surface area contributed by atoms with Crippen molar-refractivity contribution >= 4 is 6.29 Å². The molecule has 2 heterocycles. The van der Waals surface area contributed by atoms with Gasteiger partial charge >= 0.3 is 0 Å². The van der Waals surface area contributed by atoms with Crippen molar-refractivity contribution in [2.24, 2.45) is 0 Å². The third-order valence-corrected chi connectivity index (χ3v) is 2.09. The highest BCUT2D eigenvalue weighted by Gasteiger charge is 2.10. The van der Waals surface area contributed by atoms with Crippen molar-refractivity contribution in [1.29, 1.82) is 0 Å². The molecule has 0 atom stereocenters. The summed E-state index contributed by atoms with van der Waals surface area (Å²) in [5.74, 6) is 0.533. The van der Waals surface area contributed by atoms with Crippen molar-refractivity contribution < 1.29 is 4.79 Å². The van der Waals surface area contributed by atoms with E-state index >= 15 is 0 Å². The van der Waals surface area contributed by atoms with Gasteiger partial charge in [-0.15, -0.1) is 0 Å². The lowest BCUT2D eigenvalue weighted by molar-refractivity contribution is 0.111. The lowest BCUT2D eigenvalue weighted by Gasteiger charge is -2.05. The second kappa shape index (κ2) is 3.96. The van der Waals surface area contributed by atoms with Crippen LogP contribution in [0.5, 0.6) is 0 Å². The molecule has 2 aromatic heterocycles. The molecule has 0 aliphatic carbocycles. The molecular formula is C11H9N3O. The summed E-state index contributed by atoms with van der Waals surface area (Å²) in [7, 11) is 0. The van der Waals surface area contributed by atoms with Crippen molar-refractivity contribution in [2.75, 3.05) is 0 Å². The second-order valence-corrected chi connectivity index (χ2v) is 3.08. The zero-order valence-electron chi connectivity index (χ0n) is 8.21. The zero-order chi connectivity index (χ0) is 10.7. The second-order valence-electron chi connectivity index (χ2n) is 3.08. The number of carbonyl (C=O) groups excluding carboxylic acids is 1. The number of pyridine rings is 1. The molecule has 0 saturated carbocycles. The van der Waals surface area contributed by atoms with E-state index in [0.717, 1.165) is 11.8 Å². The molecule has 0 bridgehead atoms. The van der Waals surface area contributed by atoms with Crippen LogP contribution in [0.3, 0.4) is 0 Å². The molecule has 0 spiro atoms. The Morgan fingerprint density at radius 3 is 2.53 bits per heavy atom. The van der Waals surface area contributed by atoms with Gasteiger partial charge in [-0.25, -0.2) is 9.97 Å². The van der Waals surface area contributed by atoms with Crippen LogP contribution in [0.25, 0.3) is 11.4 Å². The Kier molecular flexibility index (Phi) is 2.49. The lowest BCUT2D eigenvalue weighted by atomic mass is 10.1. The van der Waals surface area contributed by atoms with E-state index in [0.29, 0.717) is 17.1 Å². The van der Waals surface area contributed by atoms with Gasteiger partial charge in [0.1, 0.15) is 5.69 Å². The summed E-state index contributed by atoms with van der Waals surface area (Å²) in [6.07, 6.45) is 5.61. The molecule has 0 N–H and O–H groups in total. The van der Waals surface area contributed by atoms with E-state index in [2.05, 4.69) is 15.0 Å². The first-order valence-electron chi connectivity index (χ1n) is 4.51. The van der Waals surface area contributed by atoms with E-state index < -0.39 is 0 Å². The largest absolute Gasteiger partial charge is 0.296 e. The monoisotopic (exact) mass is 199 g/mol. The fourth-order valence-electron chi connectivity index (χ4n) is 1.39. The third-order valence-electron chi connectivity index (χ3n) is 2.09. The minimum absolute atomic E-state index is 0.376. The fraction of sp³-hybridized carbons (Fsp3) is 0.0909. The summed E-state index contributed by atoms with van der Waals surface area (Å²) in [6.45, 7) is 1.90. The van der Waals surface area contributed by atoms with E-state index in [1.54, 1.807) is 24.7 Å². The first kappa shape index (κ1) is 9.45. The summed E-state index contributed by atoms with van der Waals surface area (Å²) >= 11 is 0. The van der Waals surface area contributed by atoms with Gasteiger partial charge in [-0.2, -0.15) is 0 Å². The zero-order valence-corrected chi connectivity index (χ0v) is 8.21. The van der Waals surface area contributed by atoms with Crippen molar-refractivity contribution in [1.82, 2.24) is 15.0 Å². The van der Waals surface area contributed by atoms with Crippen LogP contribution in [0.1, 0.15) is 16.1 Å². The number of hydrogen-bond donors (Lipinski definition) is 0. The van der Waals surface area contributed by atoms with Gasteiger partial charge in [0.05, 0.1) is 5.56 Å². The molecule has 4 nitrogen and oxygen atoms in total. The number of aromatic nitrogens is 3. The molecule has 0 unspecified atom stereocenters. The maximum absolute atomic E-state index is 10.8. The lowest BCUT2D eigenvalue weighted by Crippen LogP contribution is -1.98. The van der Waals surface area contributed by atoms with Gasteiger partial charge in [-0.3, -0.25) is 9.78 Å². The molecule has 15 heavy (non-hydrogen) atoms. The molecule has 2 rings (SSSR count). The van der Waals surface area contributed by atoms with Crippen LogP contribution in [-0.4, -0.2) is 21.2 Å². The average molecular weight is 199 g/mol. The molecule has 74 valence electrons. The predicted octanol–water partition coefficient (Wildman–Crippen LogP) is 1.66.